The molecule has 1 saturated carbocycles. The van der Waals surface area contributed by atoms with Crippen molar-refractivity contribution in [2.45, 2.75) is 38.6 Å². The van der Waals surface area contributed by atoms with Crippen molar-refractivity contribution in [1.82, 2.24) is 5.32 Å². The predicted octanol–water partition coefficient (Wildman–Crippen LogP) is 0.749. The van der Waals surface area contributed by atoms with Crippen molar-refractivity contribution in [2.24, 2.45) is 10.7 Å². The van der Waals surface area contributed by atoms with Gasteiger partial charge in [-0.25, -0.2) is 4.79 Å². The minimum Gasteiger partial charge on any atom is -0.461 e. The lowest BCUT2D eigenvalue weighted by Gasteiger charge is -2.26. The maximum atomic E-state index is 11.7. The van der Waals surface area contributed by atoms with E-state index < -0.39 is 5.97 Å². The molecule has 2 rings (SSSR count). The first kappa shape index (κ1) is 13.1. The van der Waals surface area contributed by atoms with Gasteiger partial charge in [0.05, 0.1) is 12.6 Å². The second-order valence-electron chi connectivity index (χ2n) is 4.70. The summed E-state index contributed by atoms with van der Waals surface area (Å²) >= 11 is 0. The third-order valence-electron chi connectivity index (χ3n) is 3.42. The van der Waals surface area contributed by atoms with Crippen LogP contribution in [0.2, 0.25) is 0 Å². The molecule has 1 heterocycles. The van der Waals surface area contributed by atoms with Gasteiger partial charge in [0.15, 0.2) is 0 Å². The second-order valence-corrected chi connectivity index (χ2v) is 4.70. The number of aliphatic imine (C=N–C) groups is 1. The molecular formula is C13H21N3O2. The van der Waals surface area contributed by atoms with Crippen LogP contribution in [0.4, 0.5) is 0 Å². The van der Waals surface area contributed by atoms with Crippen molar-refractivity contribution in [1.29, 1.82) is 0 Å². The van der Waals surface area contributed by atoms with Crippen molar-refractivity contribution < 1.29 is 9.53 Å². The molecule has 1 saturated heterocycles. The Hall–Kier alpha value is -1.36. The van der Waals surface area contributed by atoms with E-state index in [1.165, 1.54) is 6.42 Å². The summed E-state index contributed by atoms with van der Waals surface area (Å²) < 4.78 is 4.95. The van der Waals surface area contributed by atoms with Crippen LogP contribution in [0.15, 0.2) is 16.3 Å². The van der Waals surface area contributed by atoms with E-state index in [2.05, 4.69) is 5.32 Å². The average molecular weight is 251 g/mol. The van der Waals surface area contributed by atoms with E-state index in [-0.39, 0.29) is 5.70 Å². The largest absolute Gasteiger partial charge is 0.461 e. The number of nitrogens with one attached hydrogen (secondary N) is 1. The quantitative estimate of drug-likeness (QED) is 0.573. The fraction of sp³-hybridized carbons (Fsp3) is 0.692. The van der Waals surface area contributed by atoms with E-state index in [0.717, 1.165) is 37.1 Å². The summed E-state index contributed by atoms with van der Waals surface area (Å²) in [4.78, 5) is 16.4. The van der Waals surface area contributed by atoms with Crippen LogP contribution >= 0.6 is 0 Å². The standard InChI is InChI=1S/C13H21N3O2/c1-2-18-13(17)12(14)10-8-15-7-6-11(10)16-9-4-3-5-9/h9,15H,2-8,14H2,1H3/b12-10-,16-11?. The van der Waals surface area contributed by atoms with Crippen LogP contribution in [-0.2, 0) is 9.53 Å². The summed E-state index contributed by atoms with van der Waals surface area (Å²) in [5.41, 5.74) is 7.91. The highest BCUT2D eigenvalue weighted by Crippen LogP contribution is 2.24. The van der Waals surface area contributed by atoms with E-state index in [4.69, 9.17) is 15.5 Å². The number of carbonyl (C=O) groups is 1. The number of carbonyl (C=O) groups excluding carboxylic acids is 1. The molecule has 0 bridgehead atoms. The van der Waals surface area contributed by atoms with E-state index in [1.54, 1.807) is 6.92 Å². The van der Waals surface area contributed by atoms with E-state index in [9.17, 15) is 4.79 Å². The van der Waals surface area contributed by atoms with Crippen LogP contribution in [0, 0.1) is 0 Å². The van der Waals surface area contributed by atoms with Crippen LogP contribution in [-0.4, -0.2) is 37.4 Å². The summed E-state index contributed by atoms with van der Waals surface area (Å²) in [6.45, 7) is 3.62. The zero-order valence-corrected chi connectivity index (χ0v) is 10.9. The monoisotopic (exact) mass is 251 g/mol. The lowest BCUT2D eigenvalue weighted by atomic mass is 9.92. The maximum Gasteiger partial charge on any atom is 0.354 e. The van der Waals surface area contributed by atoms with Gasteiger partial charge in [0, 0.05) is 30.8 Å². The molecule has 0 aromatic carbocycles. The van der Waals surface area contributed by atoms with Crippen molar-refractivity contribution in [2.75, 3.05) is 19.7 Å². The van der Waals surface area contributed by atoms with Gasteiger partial charge in [0.25, 0.3) is 0 Å². The number of nitrogens with zero attached hydrogens (tertiary/aromatic N) is 1. The molecule has 1 aliphatic heterocycles. The summed E-state index contributed by atoms with van der Waals surface area (Å²) in [6, 6.07) is 0.433. The van der Waals surface area contributed by atoms with Crippen LogP contribution in [0.25, 0.3) is 0 Å². The third-order valence-corrected chi connectivity index (χ3v) is 3.42. The first-order valence-corrected chi connectivity index (χ1v) is 6.66. The van der Waals surface area contributed by atoms with Gasteiger partial charge in [-0.2, -0.15) is 0 Å². The lowest BCUT2D eigenvalue weighted by Crippen LogP contribution is -2.35. The molecule has 0 atom stereocenters. The third kappa shape index (κ3) is 2.90. The molecule has 2 fully saturated rings. The smallest absolute Gasteiger partial charge is 0.354 e. The van der Waals surface area contributed by atoms with E-state index in [1.807, 2.05) is 0 Å². The van der Waals surface area contributed by atoms with Gasteiger partial charge >= 0.3 is 5.97 Å². The molecule has 0 unspecified atom stereocenters. The number of ether oxygens (including phenoxy) is 1. The molecule has 5 heteroatoms. The highest BCUT2D eigenvalue weighted by molar-refractivity contribution is 6.07. The minimum absolute atomic E-state index is 0.210. The summed E-state index contributed by atoms with van der Waals surface area (Å²) in [7, 11) is 0. The number of nitrogens with two attached hydrogens (primary N) is 1. The van der Waals surface area contributed by atoms with Crippen molar-refractivity contribution in [3.8, 4) is 0 Å². The topological polar surface area (TPSA) is 76.7 Å². The molecule has 1 aliphatic carbocycles. The first-order chi connectivity index (χ1) is 8.72. The molecule has 0 amide bonds. The molecule has 0 radical (unpaired) electrons. The molecule has 3 N–H and O–H groups in total. The Morgan fingerprint density at radius 1 is 1.56 bits per heavy atom. The fourth-order valence-corrected chi connectivity index (χ4v) is 2.13. The zero-order chi connectivity index (χ0) is 13.0. The Bertz CT molecular complexity index is 384. The molecular weight excluding hydrogens is 230 g/mol. The van der Waals surface area contributed by atoms with Gasteiger partial charge in [-0.3, -0.25) is 4.99 Å². The molecule has 5 nitrogen and oxygen atoms in total. The maximum absolute atomic E-state index is 11.7. The van der Waals surface area contributed by atoms with Gasteiger partial charge < -0.3 is 15.8 Å². The summed E-state index contributed by atoms with van der Waals surface area (Å²) in [6.07, 6.45) is 4.41. The lowest BCUT2D eigenvalue weighted by molar-refractivity contribution is -0.138. The number of rotatable bonds is 3. The predicted molar refractivity (Wildman–Crippen MR) is 70.4 cm³/mol. The Kier molecular flexibility index (Phi) is 4.36. The van der Waals surface area contributed by atoms with Crippen molar-refractivity contribution >= 4 is 11.7 Å². The number of hydrogen-bond donors (Lipinski definition) is 2. The fourth-order valence-electron chi connectivity index (χ4n) is 2.13. The van der Waals surface area contributed by atoms with Gasteiger partial charge in [0.2, 0.25) is 0 Å². The van der Waals surface area contributed by atoms with Crippen molar-refractivity contribution in [3.05, 3.63) is 11.3 Å². The van der Waals surface area contributed by atoms with Crippen LogP contribution in [0.1, 0.15) is 32.6 Å². The van der Waals surface area contributed by atoms with E-state index >= 15 is 0 Å². The molecule has 0 aromatic heterocycles. The number of esters is 1. The minimum atomic E-state index is -0.433. The van der Waals surface area contributed by atoms with Gasteiger partial charge in [-0.05, 0) is 26.2 Å². The van der Waals surface area contributed by atoms with Gasteiger partial charge in [-0.1, -0.05) is 0 Å². The number of hydrogen-bond acceptors (Lipinski definition) is 5. The number of piperidine rings is 1. The molecule has 2 aliphatic rings. The Balaban J connectivity index is 2.18. The Morgan fingerprint density at radius 3 is 2.94 bits per heavy atom. The Labute approximate surface area is 107 Å². The first-order valence-electron chi connectivity index (χ1n) is 6.66. The van der Waals surface area contributed by atoms with Gasteiger partial charge in [-0.15, -0.1) is 0 Å². The van der Waals surface area contributed by atoms with Gasteiger partial charge in [0.1, 0.15) is 5.70 Å². The summed E-state index contributed by atoms with van der Waals surface area (Å²) in [5.74, 6) is -0.433. The van der Waals surface area contributed by atoms with E-state index in [0.29, 0.717) is 19.2 Å². The van der Waals surface area contributed by atoms with Crippen molar-refractivity contribution in [3.63, 3.8) is 0 Å². The molecule has 0 aromatic rings. The average Bonchev–Trinajstić information content (AvgIpc) is 2.34. The normalized spacial score (nSPS) is 25.7. The highest BCUT2D eigenvalue weighted by atomic mass is 16.5. The van der Waals surface area contributed by atoms with Crippen LogP contribution in [0.3, 0.4) is 0 Å². The summed E-state index contributed by atoms with van der Waals surface area (Å²) in [5, 5.41) is 3.23. The Morgan fingerprint density at radius 2 is 2.33 bits per heavy atom. The van der Waals surface area contributed by atoms with Crippen LogP contribution < -0.4 is 11.1 Å². The second kappa shape index (κ2) is 6.00. The molecule has 100 valence electrons. The highest BCUT2D eigenvalue weighted by Gasteiger charge is 2.23. The molecule has 0 spiro atoms. The van der Waals surface area contributed by atoms with Crippen LogP contribution in [0.5, 0.6) is 0 Å². The SMILES string of the molecule is CCOC(=O)/C(N)=C1\CNCCC1=NC1CCC1. The zero-order valence-electron chi connectivity index (χ0n) is 10.9. The molecule has 18 heavy (non-hydrogen) atoms.